The van der Waals surface area contributed by atoms with Crippen LogP contribution >= 0.6 is 0 Å². The van der Waals surface area contributed by atoms with Crippen molar-refractivity contribution < 1.29 is 13.2 Å². The lowest BCUT2D eigenvalue weighted by Gasteiger charge is -2.37. The summed E-state index contributed by atoms with van der Waals surface area (Å²) in [5.41, 5.74) is 8.15. The zero-order valence-electron chi connectivity index (χ0n) is 18.4. The SMILES string of the molecule is NC(=O)C(c1ccccc1)(c1ccccc1)[C@H]1CCN(CCc2ccc(S(N)(=O)=O)cc2)C1. The second-order valence-electron chi connectivity index (χ2n) is 8.63. The molecule has 6 nitrogen and oxygen atoms in total. The number of carbonyl (C=O) groups is 1. The standard InChI is InChI=1S/C26H29N3O3S/c27-25(30)26(21-7-3-1-4-8-21,22-9-5-2-6-10-22)23-16-18-29(19-23)17-15-20-11-13-24(14-12-20)33(28,31)32/h1-14,23H,15-19H2,(H2,27,30)(H2,28,31,32)/t23-/m0/s1. The van der Waals surface area contributed by atoms with Crippen LogP contribution in [0.2, 0.25) is 0 Å². The summed E-state index contributed by atoms with van der Waals surface area (Å²) in [4.78, 5) is 15.6. The summed E-state index contributed by atoms with van der Waals surface area (Å²) in [6.45, 7) is 2.43. The number of nitrogens with zero attached hydrogens (tertiary/aromatic N) is 1. The molecule has 3 aromatic carbocycles. The van der Waals surface area contributed by atoms with Gasteiger partial charge in [0.05, 0.1) is 4.90 Å². The van der Waals surface area contributed by atoms with Crippen molar-refractivity contribution in [2.24, 2.45) is 16.8 Å². The van der Waals surface area contributed by atoms with Crippen LogP contribution in [0.15, 0.2) is 89.8 Å². The second kappa shape index (κ2) is 9.47. The molecule has 1 aliphatic heterocycles. The van der Waals surface area contributed by atoms with Gasteiger partial charge in [-0.2, -0.15) is 0 Å². The van der Waals surface area contributed by atoms with Gasteiger partial charge in [-0.15, -0.1) is 0 Å². The van der Waals surface area contributed by atoms with Crippen LogP contribution in [0.3, 0.4) is 0 Å². The van der Waals surface area contributed by atoms with E-state index in [0.29, 0.717) is 0 Å². The summed E-state index contributed by atoms with van der Waals surface area (Å²) >= 11 is 0. The first-order chi connectivity index (χ1) is 15.8. The topological polar surface area (TPSA) is 106 Å². The highest BCUT2D eigenvalue weighted by Gasteiger charge is 2.49. The van der Waals surface area contributed by atoms with Crippen LogP contribution in [-0.4, -0.2) is 38.9 Å². The number of amides is 1. The van der Waals surface area contributed by atoms with E-state index >= 15 is 0 Å². The maximum absolute atomic E-state index is 13.2. The predicted molar refractivity (Wildman–Crippen MR) is 129 cm³/mol. The molecule has 0 aliphatic carbocycles. The van der Waals surface area contributed by atoms with Crippen molar-refractivity contribution in [3.63, 3.8) is 0 Å². The van der Waals surface area contributed by atoms with Crippen molar-refractivity contribution >= 4 is 15.9 Å². The van der Waals surface area contributed by atoms with E-state index in [2.05, 4.69) is 4.90 Å². The predicted octanol–water partition coefficient (Wildman–Crippen LogP) is 2.67. The Bertz CT molecular complexity index is 1160. The van der Waals surface area contributed by atoms with E-state index in [1.54, 1.807) is 24.3 Å². The van der Waals surface area contributed by atoms with Gasteiger partial charge in [-0.1, -0.05) is 72.8 Å². The zero-order valence-corrected chi connectivity index (χ0v) is 19.2. The fourth-order valence-electron chi connectivity index (χ4n) is 5.05. The number of hydrogen-bond donors (Lipinski definition) is 2. The molecule has 33 heavy (non-hydrogen) atoms. The molecule has 1 heterocycles. The summed E-state index contributed by atoms with van der Waals surface area (Å²) in [5, 5.41) is 5.18. The number of benzene rings is 3. The Morgan fingerprint density at radius 2 is 1.45 bits per heavy atom. The van der Waals surface area contributed by atoms with Crippen molar-refractivity contribution in [1.29, 1.82) is 0 Å². The third kappa shape index (κ3) is 4.71. The normalized spacial score (nSPS) is 17.2. The lowest BCUT2D eigenvalue weighted by molar-refractivity contribution is -0.123. The fraction of sp³-hybridized carbons (Fsp3) is 0.269. The van der Waals surface area contributed by atoms with Gasteiger partial charge >= 0.3 is 0 Å². The minimum atomic E-state index is -3.69. The smallest absolute Gasteiger partial charge is 0.238 e. The Hall–Kier alpha value is -3.00. The van der Waals surface area contributed by atoms with Gasteiger partial charge in [0.25, 0.3) is 0 Å². The fourth-order valence-corrected chi connectivity index (χ4v) is 5.56. The Morgan fingerprint density at radius 3 is 1.94 bits per heavy atom. The quantitative estimate of drug-likeness (QED) is 0.536. The molecule has 4 N–H and O–H groups in total. The molecule has 1 saturated heterocycles. The molecule has 0 saturated carbocycles. The van der Waals surface area contributed by atoms with E-state index in [1.165, 1.54) is 0 Å². The monoisotopic (exact) mass is 463 g/mol. The number of nitrogens with two attached hydrogens (primary N) is 2. The molecule has 172 valence electrons. The molecule has 1 atom stereocenters. The van der Waals surface area contributed by atoms with Crippen LogP contribution in [0.5, 0.6) is 0 Å². The van der Waals surface area contributed by atoms with E-state index in [0.717, 1.165) is 49.2 Å². The van der Waals surface area contributed by atoms with Gasteiger partial charge in [-0.3, -0.25) is 4.79 Å². The van der Waals surface area contributed by atoms with E-state index in [9.17, 15) is 13.2 Å². The van der Waals surface area contributed by atoms with Gasteiger partial charge in [-0.25, -0.2) is 13.6 Å². The highest BCUT2D eigenvalue weighted by atomic mass is 32.2. The third-order valence-corrected chi connectivity index (χ3v) is 7.63. The molecule has 0 spiro atoms. The largest absolute Gasteiger partial charge is 0.369 e. The molecular formula is C26H29N3O3S. The Labute approximate surface area is 195 Å². The second-order valence-corrected chi connectivity index (χ2v) is 10.2. The molecule has 7 heteroatoms. The molecule has 1 aliphatic rings. The first kappa shape index (κ1) is 23.2. The lowest BCUT2D eigenvalue weighted by atomic mass is 9.64. The van der Waals surface area contributed by atoms with Crippen molar-refractivity contribution in [3.05, 3.63) is 102 Å². The Kier molecular flexibility index (Phi) is 6.65. The molecule has 0 bridgehead atoms. The van der Waals surface area contributed by atoms with E-state index in [1.807, 2.05) is 60.7 Å². The first-order valence-electron chi connectivity index (χ1n) is 11.1. The summed E-state index contributed by atoms with van der Waals surface area (Å²) in [6.07, 6.45) is 1.63. The summed E-state index contributed by atoms with van der Waals surface area (Å²) in [6, 6.07) is 26.4. The molecule has 1 fully saturated rings. The maximum atomic E-state index is 13.2. The van der Waals surface area contributed by atoms with Crippen LogP contribution in [0.1, 0.15) is 23.1 Å². The van der Waals surface area contributed by atoms with Gasteiger partial charge < -0.3 is 10.6 Å². The average Bonchev–Trinajstić information content (AvgIpc) is 3.28. The minimum Gasteiger partial charge on any atom is -0.369 e. The number of hydrogen-bond acceptors (Lipinski definition) is 4. The van der Waals surface area contributed by atoms with Crippen LogP contribution in [-0.2, 0) is 26.7 Å². The molecule has 0 unspecified atom stereocenters. The van der Waals surface area contributed by atoms with E-state index < -0.39 is 15.4 Å². The van der Waals surface area contributed by atoms with Gasteiger partial charge in [0.2, 0.25) is 15.9 Å². The van der Waals surface area contributed by atoms with Crippen LogP contribution in [0.25, 0.3) is 0 Å². The number of likely N-dealkylation sites (tertiary alicyclic amines) is 1. The molecular weight excluding hydrogens is 434 g/mol. The first-order valence-corrected chi connectivity index (χ1v) is 12.6. The van der Waals surface area contributed by atoms with Crippen molar-refractivity contribution in [2.75, 3.05) is 19.6 Å². The van der Waals surface area contributed by atoms with Crippen molar-refractivity contribution in [1.82, 2.24) is 4.90 Å². The highest BCUT2D eigenvalue weighted by molar-refractivity contribution is 7.89. The molecule has 3 aromatic rings. The molecule has 4 rings (SSSR count). The van der Waals surface area contributed by atoms with E-state index in [-0.39, 0.29) is 16.7 Å². The zero-order chi connectivity index (χ0) is 23.5. The number of primary sulfonamides is 1. The van der Waals surface area contributed by atoms with Crippen molar-refractivity contribution in [3.8, 4) is 0 Å². The van der Waals surface area contributed by atoms with Gasteiger partial charge in [-0.05, 0) is 54.1 Å². The lowest BCUT2D eigenvalue weighted by Crippen LogP contribution is -2.49. The number of carbonyl (C=O) groups excluding carboxylic acids is 1. The van der Waals surface area contributed by atoms with Gasteiger partial charge in [0.1, 0.15) is 5.41 Å². The van der Waals surface area contributed by atoms with Crippen LogP contribution in [0.4, 0.5) is 0 Å². The van der Waals surface area contributed by atoms with E-state index in [4.69, 9.17) is 10.9 Å². The number of primary amides is 1. The number of rotatable bonds is 8. The number of sulfonamides is 1. The molecule has 0 aromatic heterocycles. The minimum absolute atomic E-state index is 0.0459. The van der Waals surface area contributed by atoms with Crippen LogP contribution in [0, 0.1) is 5.92 Å². The maximum Gasteiger partial charge on any atom is 0.238 e. The summed E-state index contributed by atoms with van der Waals surface area (Å²) < 4.78 is 22.9. The Balaban J connectivity index is 1.55. The summed E-state index contributed by atoms with van der Waals surface area (Å²) in [7, 11) is -3.69. The highest BCUT2D eigenvalue weighted by Crippen LogP contribution is 2.43. The Morgan fingerprint density at radius 1 is 0.909 bits per heavy atom. The third-order valence-electron chi connectivity index (χ3n) is 6.70. The molecule has 0 radical (unpaired) electrons. The molecule has 1 amide bonds. The average molecular weight is 464 g/mol. The van der Waals surface area contributed by atoms with Gasteiger partial charge in [0.15, 0.2) is 0 Å². The van der Waals surface area contributed by atoms with Crippen molar-refractivity contribution in [2.45, 2.75) is 23.2 Å². The summed E-state index contributed by atoms with van der Waals surface area (Å²) in [5.74, 6) is -0.283. The van der Waals surface area contributed by atoms with Crippen LogP contribution < -0.4 is 10.9 Å². The van der Waals surface area contributed by atoms with Gasteiger partial charge in [0, 0.05) is 13.1 Å².